The van der Waals surface area contributed by atoms with Gasteiger partial charge in [0.25, 0.3) is 15.9 Å². The Labute approximate surface area is 187 Å². The highest BCUT2D eigenvalue weighted by molar-refractivity contribution is 7.90. The van der Waals surface area contributed by atoms with E-state index >= 15 is 0 Å². The van der Waals surface area contributed by atoms with Crippen LogP contribution in [0.3, 0.4) is 0 Å². The number of hydrogen-bond donors (Lipinski definition) is 2. The van der Waals surface area contributed by atoms with Crippen molar-refractivity contribution >= 4 is 55.5 Å². The summed E-state index contributed by atoms with van der Waals surface area (Å²) >= 11 is 2.92. The number of fused-ring (bicyclic) bond motifs is 1. The summed E-state index contributed by atoms with van der Waals surface area (Å²) in [6, 6.07) is 3.90. The first-order valence-electron chi connectivity index (χ1n) is 9.32. The van der Waals surface area contributed by atoms with Crippen LogP contribution in [0.1, 0.15) is 16.7 Å². The Hall–Kier alpha value is -2.83. The van der Waals surface area contributed by atoms with E-state index in [1.165, 1.54) is 35.7 Å². The number of carbonyl (C=O) groups is 2. The van der Waals surface area contributed by atoms with E-state index < -0.39 is 10.0 Å². The molecule has 2 aliphatic heterocycles. The SMILES string of the molecule is CC(=O)NCc1ccc(-c2nc(NC(=O)C3=CN4CCS(=O)(=O)N=C4C=C3)sc2C)s1. The number of nitrogens with one attached hydrogen (secondary N) is 2. The summed E-state index contributed by atoms with van der Waals surface area (Å²) in [5.74, 6) is -0.194. The van der Waals surface area contributed by atoms with Gasteiger partial charge in [0.2, 0.25) is 5.91 Å². The second-order valence-electron chi connectivity index (χ2n) is 6.90. The first-order chi connectivity index (χ1) is 14.7. The molecule has 0 unspecified atom stereocenters. The van der Waals surface area contributed by atoms with Crippen molar-refractivity contribution in [2.24, 2.45) is 4.40 Å². The number of thiazole rings is 1. The van der Waals surface area contributed by atoms with Crippen molar-refractivity contribution in [1.82, 2.24) is 15.2 Å². The highest BCUT2D eigenvalue weighted by atomic mass is 32.2. The van der Waals surface area contributed by atoms with Gasteiger partial charge in [0.15, 0.2) is 5.13 Å². The number of nitrogens with zero attached hydrogens (tertiary/aromatic N) is 3. The van der Waals surface area contributed by atoms with Crippen molar-refractivity contribution in [3.63, 3.8) is 0 Å². The van der Waals surface area contributed by atoms with Gasteiger partial charge in [-0.25, -0.2) is 13.4 Å². The summed E-state index contributed by atoms with van der Waals surface area (Å²) in [7, 11) is -3.44. The molecule has 2 aromatic heterocycles. The number of aryl methyl sites for hydroxylation is 1. The molecule has 0 aromatic carbocycles. The molecule has 12 heteroatoms. The standard InChI is InChI=1S/C19H19N5O4S3/c1-11-17(15-5-4-14(30-15)9-20-12(2)25)21-19(29-11)22-18(26)13-3-6-16-23-31(27,28)8-7-24(16)10-13/h3-6,10H,7-9H2,1-2H3,(H,20,25)(H,21,22,26). The second kappa shape index (κ2) is 8.36. The normalized spacial score (nSPS) is 16.9. The number of rotatable bonds is 5. The van der Waals surface area contributed by atoms with Crippen molar-refractivity contribution in [3.05, 3.63) is 45.8 Å². The van der Waals surface area contributed by atoms with Crippen molar-refractivity contribution in [1.29, 1.82) is 0 Å². The third-order valence-electron chi connectivity index (χ3n) is 4.51. The lowest BCUT2D eigenvalue weighted by Crippen LogP contribution is -2.37. The van der Waals surface area contributed by atoms with Crippen LogP contribution >= 0.6 is 22.7 Å². The summed E-state index contributed by atoms with van der Waals surface area (Å²) in [4.78, 5) is 32.9. The highest BCUT2D eigenvalue weighted by Crippen LogP contribution is 2.35. The molecule has 4 rings (SSSR count). The summed E-state index contributed by atoms with van der Waals surface area (Å²) in [5.41, 5.74) is 1.18. The fraction of sp³-hybridized carbons (Fsp3) is 0.263. The molecule has 0 fully saturated rings. The van der Waals surface area contributed by atoms with Crippen LogP contribution in [0.25, 0.3) is 10.6 Å². The topological polar surface area (TPSA) is 121 Å². The highest BCUT2D eigenvalue weighted by Gasteiger charge is 2.25. The zero-order valence-electron chi connectivity index (χ0n) is 16.7. The van der Waals surface area contributed by atoms with Gasteiger partial charge in [-0.05, 0) is 31.2 Å². The van der Waals surface area contributed by atoms with E-state index in [2.05, 4.69) is 20.0 Å². The van der Waals surface area contributed by atoms with E-state index in [1.807, 2.05) is 19.1 Å². The number of aromatic nitrogens is 1. The van der Waals surface area contributed by atoms with E-state index in [1.54, 1.807) is 17.2 Å². The minimum Gasteiger partial charge on any atom is -0.351 e. The first-order valence-corrected chi connectivity index (χ1v) is 12.6. The molecular weight excluding hydrogens is 458 g/mol. The summed E-state index contributed by atoms with van der Waals surface area (Å²) in [6.07, 6.45) is 4.66. The molecule has 0 saturated carbocycles. The Morgan fingerprint density at radius 1 is 1.23 bits per heavy atom. The summed E-state index contributed by atoms with van der Waals surface area (Å²) < 4.78 is 26.9. The lowest BCUT2D eigenvalue weighted by molar-refractivity contribution is -0.119. The van der Waals surface area contributed by atoms with Gasteiger partial charge in [-0.3, -0.25) is 14.9 Å². The Bertz CT molecular complexity index is 1250. The van der Waals surface area contributed by atoms with Gasteiger partial charge in [-0.2, -0.15) is 0 Å². The fourth-order valence-corrected chi connectivity index (χ4v) is 5.85. The molecule has 2 N–H and O–H groups in total. The molecule has 0 saturated heterocycles. The third kappa shape index (κ3) is 4.92. The molecular formula is C19H19N5O4S3. The number of thiophene rings is 1. The van der Waals surface area contributed by atoms with Crippen LogP contribution in [0.2, 0.25) is 0 Å². The molecule has 9 nitrogen and oxygen atoms in total. The van der Waals surface area contributed by atoms with Gasteiger partial charge >= 0.3 is 0 Å². The predicted molar refractivity (Wildman–Crippen MR) is 121 cm³/mol. The first kappa shape index (κ1) is 21.4. The number of hydrogen-bond acceptors (Lipinski definition) is 8. The predicted octanol–water partition coefficient (Wildman–Crippen LogP) is 2.25. The van der Waals surface area contributed by atoms with Gasteiger partial charge in [-0.1, -0.05) is 0 Å². The van der Waals surface area contributed by atoms with E-state index in [0.717, 1.165) is 20.3 Å². The fourth-order valence-electron chi connectivity index (χ4n) is 2.99. The lowest BCUT2D eigenvalue weighted by Gasteiger charge is -2.26. The van der Waals surface area contributed by atoms with Crippen molar-refractivity contribution in [3.8, 4) is 10.6 Å². The van der Waals surface area contributed by atoms with Crippen LogP contribution in [0.5, 0.6) is 0 Å². The maximum Gasteiger partial charge on any atom is 0.258 e. The van der Waals surface area contributed by atoms with Crippen LogP contribution in [0, 0.1) is 6.92 Å². The molecule has 0 aliphatic carbocycles. The minimum absolute atomic E-state index is 0.0829. The van der Waals surface area contributed by atoms with Gasteiger partial charge < -0.3 is 10.2 Å². The van der Waals surface area contributed by atoms with Crippen LogP contribution in [-0.2, 0) is 26.2 Å². The number of amidine groups is 1. The third-order valence-corrected chi connectivity index (χ3v) is 7.65. The van der Waals surface area contributed by atoms with Gasteiger partial charge in [-0.15, -0.1) is 27.1 Å². The van der Waals surface area contributed by atoms with Gasteiger partial charge in [0.05, 0.1) is 28.4 Å². The molecule has 2 aromatic rings. The van der Waals surface area contributed by atoms with E-state index in [9.17, 15) is 18.0 Å². The zero-order valence-corrected chi connectivity index (χ0v) is 19.2. The molecule has 0 spiro atoms. The Morgan fingerprint density at radius 2 is 2.03 bits per heavy atom. The van der Waals surface area contributed by atoms with Gasteiger partial charge in [0, 0.05) is 29.4 Å². The molecule has 2 amide bonds. The Morgan fingerprint density at radius 3 is 2.81 bits per heavy atom. The van der Waals surface area contributed by atoms with Crippen LogP contribution < -0.4 is 10.6 Å². The summed E-state index contributed by atoms with van der Waals surface area (Å²) in [6.45, 7) is 4.14. The molecule has 0 bridgehead atoms. The van der Waals surface area contributed by atoms with Crippen LogP contribution in [0.15, 0.2) is 40.5 Å². The number of anilines is 1. The molecule has 162 valence electrons. The summed E-state index contributed by atoms with van der Waals surface area (Å²) in [5, 5.41) is 6.06. The van der Waals surface area contributed by atoms with E-state index in [-0.39, 0.29) is 24.1 Å². The Kier molecular flexibility index (Phi) is 5.77. The zero-order chi connectivity index (χ0) is 22.2. The molecule has 4 heterocycles. The minimum atomic E-state index is -3.44. The second-order valence-corrected chi connectivity index (χ2v) is 11.0. The van der Waals surface area contributed by atoms with Crippen molar-refractivity contribution in [2.75, 3.05) is 17.6 Å². The maximum absolute atomic E-state index is 12.7. The van der Waals surface area contributed by atoms with E-state index in [4.69, 9.17) is 0 Å². The molecule has 31 heavy (non-hydrogen) atoms. The van der Waals surface area contributed by atoms with Gasteiger partial charge in [0.1, 0.15) is 5.84 Å². The Balaban J connectivity index is 1.46. The van der Waals surface area contributed by atoms with E-state index in [0.29, 0.717) is 23.1 Å². The smallest absolute Gasteiger partial charge is 0.258 e. The number of sulfonamides is 1. The van der Waals surface area contributed by atoms with Crippen LogP contribution in [0.4, 0.5) is 5.13 Å². The van der Waals surface area contributed by atoms with Crippen molar-refractivity contribution < 1.29 is 18.0 Å². The quantitative estimate of drug-likeness (QED) is 0.681. The van der Waals surface area contributed by atoms with Crippen molar-refractivity contribution in [2.45, 2.75) is 20.4 Å². The molecule has 0 atom stereocenters. The monoisotopic (exact) mass is 477 g/mol. The van der Waals surface area contributed by atoms with Crippen LogP contribution in [-0.4, -0.2) is 48.2 Å². The molecule has 0 radical (unpaired) electrons. The molecule has 2 aliphatic rings. The number of amides is 2. The number of carbonyl (C=O) groups excluding carboxylic acids is 2. The average Bonchev–Trinajstić information content (AvgIpc) is 3.31. The average molecular weight is 478 g/mol. The largest absolute Gasteiger partial charge is 0.351 e. The lowest BCUT2D eigenvalue weighted by atomic mass is 10.2. The maximum atomic E-state index is 12.7.